The van der Waals surface area contributed by atoms with Crippen molar-refractivity contribution in [3.8, 4) is 22.6 Å². The van der Waals surface area contributed by atoms with Crippen LogP contribution in [0.4, 0.5) is 0 Å². The van der Waals surface area contributed by atoms with Crippen molar-refractivity contribution < 1.29 is 4.42 Å². The van der Waals surface area contributed by atoms with Gasteiger partial charge in [-0.05, 0) is 39.7 Å². The molecule has 4 heteroatoms. The molecule has 0 radical (unpaired) electrons. The molecular formula is C36H20N2OS. The van der Waals surface area contributed by atoms with Gasteiger partial charge in [0, 0.05) is 27.3 Å². The first-order valence-corrected chi connectivity index (χ1v) is 14.2. The fourth-order valence-corrected chi connectivity index (χ4v) is 7.27. The molecule has 0 N–H and O–H groups in total. The third-order valence-corrected chi connectivity index (χ3v) is 9.08. The van der Waals surface area contributed by atoms with Crippen LogP contribution in [0.15, 0.2) is 126 Å². The summed E-state index contributed by atoms with van der Waals surface area (Å²) in [6.45, 7) is 0. The summed E-state index contributed by atoms with van der Waals surface area (Å²) in [5, 5.41) is 8.13. The summed E-state index contributed by atoms with van der Waals surface area (Å²) in [5.74, 6) is 0.734. The molecule has 0 saturated heterocycles. The molecule has 0 aliphatic heterocycles. The predicted molar refractivity (Wildman–Crippen MR) is 168 cm³/mol. The fraction of sp³-hybridized carbons (Fsp3) is 0. The van der Waals surface area contributed by atoms with Gasteiger partial charge in [-0.25, -0.2) is 9.97 Å². The Hall–Kier alpha value is -5.06. The van der Waals surface area contributed by atoms with E-state index in [4.69, 9.17) is 14.4 Å². The zero-order chi connectivity index (χ0) is 26.2. The lowest BCUT2D eigenvalue weighted by molar-refractivity contribution is 0.673. The molecule has 3 heterocycles. The maximum absolute atomic E-state index is 6.42. The summed E-state index contributed by atoms with van der Waals surface area (Å²) in [5.41, 5.74) is 5.84. The maximum Gasteiger partial charge on any atom is 0.161 e. The molecule has 0 aliphatic carbocycles. The number of nitrogens with zero attached hydrogens (tertiary/aromatic N) is 2. The van der Waals surface area contributed by atoms with E-state index in [9.17, 15) is 0 Å². The van der Waals surface area contributed by atoms with Crippen LogP contribution < -0.4 is 0 Å². The Bertz CT molecular complexity index is 2440. The standard InChI is InChI=1S/C36H20N2OS/c1-2-10-21(11-3-1)31-35-32(28-19-18-27-26-16-8-9-17-30(26)39-33(27)34(28)40-35)38-36(37-31)29-20-22-12-4-5-13-23(22)24-14-6-7-15-25(24)29/h1-20H. The number of rotatable bonds is 2. The second-order valence-corrected chi connectivity index (χ2v) is 11.2. The van der Waals surface area contributed by atoms with Gasteiger partial charge >= 0.3 is 0 Å². The highest BCUT2D eigenvalue weighted by molar-refractivity contribution is 7.27. The first kappa shape index (κ1) is 21.8. The number of aromatic nitrogens is 2. The molecule has 9 rings (SSSR count). The van der Waals surface area contributed by atoms with Gasteiger partial charge in [0.2, 0.25) is 0 Å². The maximum atomic E-state index is 6.42. The number of para-hydroxylation sites is 1. The topological polar surface area (TPSA) is 38.9 Å². The number of hydrogen-bond donors (Lipinski definition) is 0. The molecule has 9 aromatic rings. The average molecular weight is 529 g/mol. The third-order valence-electron chi connectivity index (χ3n) is 7.88. The molecule has 0 saturated carbocycles. The van der Waals surface area contributed by atoms with Gasteiger partial charge in [-0.1, -0.05) is 103 Å². The highest BCUT2D eigenvalue weighted by atomic mass is 32.1. The first-order chi connectivity index (χ1) is 19.8. The van der Waals surface area contributed by atoms with Crippen LogP contribution in [0.1, 0.15) is 0 Å². The van der Waals surface area contributed by atoms with E-state index in [-0.39, 0.29) is 0 Å². The van der Waals surface area contributed by atoms with E-state index in [2.05, 4.69) is 103 Å². The molecule has 3 nitrogen and oxygen atoms in total. The van der Waals surface area contributed by atoms with Crippen molar-refractivity contribution in [1.29, 1.82) is 0 Å². The lowest BCUT2D eigenvalue weighted by Gasteiger charge is -2.12. The lowest BCUT2D eigenvalue weighted by Crippen LogP contribution is -1.95. The van der Waals surface area contributed by atoms with E-state index < -0.39 is 0 Å². The third kappa shape index (κ3) is 3.05. The normalized spacial score (nSPS) is 12.0. The fourth-order valence-electron chi connectivity index (χ4n) is 6.04. The molecule has 0 bridgehead atoms. The zero-order valence-corrected chi connectivity index (χ0v) is 22.1. The Labute approximate surface area is 233 Å². The van der Waals surface area contributed by atoms with E-state index in [1.165, 1.54) is 16.2 Å². The van der Waals surface area contributed by atoms with Gasteiger partial charge in [0.15, 0.2) is 11.4 Å². The Morgan fingerprint density at radius 3 is 2.10 bits per heavy atom. The van der Waals surface area contributed by atoms with Gasteiger partial charge in [0.05, 0.1) is 20.6 Å². The second kappa shape index (κ2) is 8.22. The highest BCUT2D eigenvalue weighted by Crippen LogP contribution is 2.45. The van der Waals surface area contributed by atoms with Gasteiger partial charge in [-0.3, -0.25) is 0 Å². The van der Waals surface area contributed by atoms with Crippen LogP contribution in [0.2, 0.25) is 0 Å². The van der Waals surface area contributed by atoms with Crippen LogP contribution in [-0.4, -0.2) is 9.97 Å². The van der Waals surface area contributed by atoms with Gasteiger partial charge in [0.25, 0.3) is 0 Å². The molecule has 0 spiro atoms. The first-order valence-electron chi connectivity index (χ1n) is 13.3. The number of furan rings is 1. The number of fused-ring (bicyclic) bond motifs is 10. The van der Waals surface area contributed by atoms with E-state index >= 15 is 0 Å². The van der Waals surface area contributed by atoms with E-state index in [1.807, 2.05) is 18.2 Å². The van der Waals surface area contributed by atoms with Gasteiger partial charge in [-0.15, -0.1) is 11.3 Å². The van der Waals surface area contributed by atoms with E-state index in [0.29, 0.717) is 0 Å². The average Bonchev–Trinajstić information content (AvgIpc) is 3.59. The van der Waals surface area contributed by atoms with Crippen LogP contribution in [0, 0.1) is 0 Å². The molecule has 0 fully saturated rings. The van der Waals surface area contributed by atoms with Gasteiger partial charge < -0.3 is 4.42 Å². The van der Waals surface area contributed by atoms with Crippen molar-refractivity contribution in [2.75, 3.05) is 0 Å². The quantitative estimate of drug-likeness (QED) is 0.210. The van der Waals surface area contributed by atoms with Crippen molar-refractivity contribution in [3.63, 3.8) is 0 Å². The Morgan fingerprint density at radius 2 is 1.23 bits per heavy atom. The van der Waals surface area contributed by atoms with Crippen molar-refractivity contribution in [1.82, 2.24) is 9.97 Å². The van der Waals surface area contributed by atoms with Gasteiger partial charge in [-0.2, -0.15) is 0 Å². The predicted octanol–water partition coefficient (Wildman–Crippen LogP) is 10.4. The van der Waals surface area contributed by atoms with Crippen LogP contribution >= 0.6 is 11.3 Å². The minimum absolute atomic E-state index is 0.734. The summed E-state index contributed by atoms with van der Waals surface area (Å²) < 4.78 is 8.60. The van der Waals surface area contributed by atoms with Crippen LogP contribution in [0.5, 0.6) is 0 Å². The summed E-state index contributed by atoms with van der Waals surface area (Å²) in [4.78, 5) is 10.6. The van der Waals surface area contributed by atoms with Crippen molar-refractivity contribution in [2.45, 2.75) is 0 Å². The number of hydrogen-bond acceptors (Lipinski definition) is 4. The van der Waals surface area contributed by atoms with Gasteiger partial charge in [0.1, 0.15) is 5.58 Å². The molecule has 6 aromatic carbocycles. The molecule has 3 aromatic heterocycles. The summed E-state index contributed by atoms with van der Waals surface area (Å²) in [6, 6.07) is 42.4. The SMILES string of the molecule is c1ccc(-c2nc(-c3cc4ccccc4c4ccccc34)nc3c2sc2c3ccc3c4ccccc4oc32)cc1. The van der Waals surface area contributed by atoms with E-state index in [0.717, 1.165) is 70.3 Å². The van der Waals surface area contributed by atoms with Crippen molar-refractivity contribution in [2.24, 2.45) is 0 Å². The van der Waals surface area contributed by atoms with Crippen LogP contribution in [0.3, 0.4) is 0 Å². The van der Waals surface area contributed by atoms with Crippen molar-refractivity contribution in [3.05, 3.63) is 121 Å². The molecule has 0 unspecified atom stereocenters. The summed E-state index contributed by atoms with van der Waals surface area (Å²) in [7, 11) is 0. The van der Waals surface area contributed by atoms with Crippen LogP contribution in [0.25, 0.3) is 86.4 Å². The van der Waals surface area contributed by atoms with Crippen LogP contribution in [-0.2, 0) is 0 Å². The smallest absolute Gasteiger partial charge is 0.161 e. The largest absolute Gasteiger partial charge is 0.455 e. The minimum atomic E-state index is 0.734. The number of thiophene rings is 1. The van der Waals surface area contributed by atoms with Crippen molar-refractivity contribution >= 4 is 75.1 Å². The van der Waals surface area contributed by atoms with E-state index in [1.54, 1.807) is 11.3 Å². The Balaban J connectivity index is 1.43. The zero-order valence-electron chi connectivity index (χ0n) is 21.3. The molecule has 0 atom stereocenters. The highest BCUT2D eigenvalue weighted by Gasteiger charge is 2.21. The molecule has 186 valence electrons. The molecule has 40 heavy (non-hydrogen) atoms. The molecule has 0 amide bonds. The monoisotopic (exact) mass is 528 g/mol. The summed E-state index contributed by atoms with van der Waals surface area (Å²) in [6.07, 6.45) is 0. The molecule has 0 aliphatic rings. The minimum Gasteiger partial charge on any atom is -0.455 e. The Morgan fingerprint density at radius 1 is 0.525 bits per heavy atom. The summed E-state index contributed by atoms with van der Waals surface area (Å²) >= 11 is 1.72. The Kier molecular flexibility index (Phi) is 4.48. The molecular weight excluding hydrogens is 508 g/mol. The second-order valence-electron chi connectivity index (χ2n) is 10.1. The number of benzene rings is 6. The lowest BCUT2D eigenvalue weighted by atomic mass is 9.96.